The summed E-state index contributed by atoms with van der Waals surface area (Å²) in [4.78, 5) is 12.4. The molecule has 4 heteroatoms. The van der Waals surface area contributed by atoms with Crippen LogP contribution in [0.5, 0.6) is 0 Å². The Morgan fingerprint density at radius 1 is 1.37 bits per heavy atom. The normalized spacial score (nSPS) is 17.5. The minimum absolute atomic E-state index is 0.222. The van der Waals surface area contributed by atoms with E-state index in [2.05, 4.69) is 11.4 Å². The summed E-state index contributed by atoms with van der Waals surface area (Å²) in [5, 5.41) is 12.7. The van der Waals surface area contributed by atoms with Gasteiger partial charge in [0.2, 0.25) is 5.91 Å². The zero-order chi connectivity index (χ0) is 13.9. The first-order valence-corrected chi connectivity index (χ1v) is 6.94. The molecule has 0 heterocycles. The second-order valence-electron chi connectivity index (χ2n) is 5.19. The Morgan fingerprint density at radius 2 is 2.05 bits per heavy atom. The third-order valence-corrected chi connectivity index (χ3v) is 4.04. The first-order valence-electron chi connectivity index (χ1n) is 6.56. The smallest absolute Gasteiger partial charge is 0.244 e. The number of nitrogens with zero attached hydrogens (tertiary/aromatic N) is 1. The van der Waals surface area contributed by atoms with E-state index in [1.165, 1.54) is 0 Å². The number of amides is 1. The molecule has 0 aromatic heterocycles. The van der Waals surface area contributed by atoms with Gasteiger partial charge in [-0.15, -0.1) is 0 Å². The third-order valence-electron chi connectivity index (χ3n) is 3.73. The van der Waals surface area contributed by atoms with Crippen LogP contribution in [0.25, 0.3) is 0 Å². The summed E-state index contributed by atoms with van der Waals surface area (Å²) in [6, 6.07) is 7.69. The summed E-state index contributed by atoms with van der Waals surface area (Å²) in [6.07, 6.45) is 4.24. The molecule has 1 aliphatic rings. The van der Waals surface area contributed by atoms with Crippen LogP contribution >= 0.6 is 11.6 Å². The topological polar surface area (TPSA) is 52.9 Å². The van der Waals surface area contributed by atoms with E-state index in [1.807, 2.05) is 13.0 Å². The molecule has 1 amide bonds. The molecule has 1 N–H and O–H groups in total. The Labute approximate surface area is 118 Å². The van der Waals surface area contributed by atoms with E-state index >= 15 is 0 Å². The standard InChI is InChI=1S/C15H17ClN2O/c1-11-5-6-13(12(16)9-11)18-14(19)15(10-17)7-3-2-4-8-15/h5-6,9H,2-4,7-8H2,1H3,(H,18,19). The number of nitriles is 1. The van der Waals surface area contributed by atoms with Crippen LogP contribution in [-0.4, -0.2) is 5.91 Å². The molecule has 19 heavy (non-hydrogen) atoms. The van der Waals surface area contributed by atoms with Crippen LogP contribution in [0.4, 0.5) is 5.69 Å². The molecule has 0 atom stereocenters. The Kier molecular flexibility index (Phi) is 4.11. The highest BCUT2D eigenvalue weighted by molar-refractivity contribution is 6.33. The van der Waals surface area contributed by atoms with Crippen molar-refractivity contribution in [2.24, 2.45) is 5.41 Å². The maximum Gasteiger partial charge on any atom is 0.244 e. The summed E-state index contributed by atoms with van der Waals surface area (Å²) in [5.74, 6) is -0.222. The van der Waals surface area contributed by atoms with Gasteiger partial charge in [0.25, 0.3) is 0 Å². The fourth-order valence-electron chi connectivity index (χ4n) is 2.51. The summed E-state index contributed by atoms with van der Waals surface area (Å²) in [5.41, 5.74) is 0.736. The maximum atomic E-state index is 12.4. The molecule has 1 aromatic rings. The van der Waals surface area contributed by atoms with Gasteiger partial charge in [-0.2, -0.15) is 5.26 Å². The Hall–Kier alpha value is -1.53. The molecule has 1 fully saturated rings. The highest BCUT2D eigenvalue weighted by Gasteiger charge is 2.39. The monoisotopic (exact) mass is 276 g/mol. The number of hydrogen-bond donors (Lipinski definition) is 1. The largest absolute Gasteiger partial charge is 0.323 e. The van der Waals surface area contributed by atoms with Crippen molar-refractivity contribution in [2.45, 2.75) is 39.0 Å². The van der Waals surface area contributed by atoms with Crippen LogP contribution < -0.4 is 5.32 Å². The van der Waals surface area contributed by atoms with Gasteiger partial charge in [-0.05, 0) is 37.5 Å². The van der Waals surface area contributed by atoms with Crippen LogP contribution in [0.3, 0.4) is 0 Å². The average molecular weight is 277 g/mol. The zero-order valence-corrected chi connectivity index (χ0v) is 11.8. The fourth-order valence-corrected chi connectivity index (χ4v) is 2.79. The number of carbonyl (C=O) groups excluding carboxylic acids is 1. The molecule has 1 aliphatic carbocycles. The lowest BCUT2D eigenvalue weighted by molar-refractivity contribution is -0.124. The number of anilines is 1. The van der Waals surface area contributed by atoms with Crippen LogP contribution in [0.1, 0.15) is 37.7 Å². The second kappa shape index (κ2) is 5.63. The number of nitrogens with one attached hydrogen (secondary N) is 1. The van der Waals surface area contributed by atoms with Gasteiger partial charge in [0.1, 0.15) is 5.41 Å². The summed E-state index contributed by atoms with van der Waals surface area (Å²) in [6.45, 7) is 1.94. The summed E-state index contributed by atoms with van der Waals surface area (Å²) >= 11 is 6.10. The maximum absolute atomic E-state index is 12.4. The zero-order valence-electron chi connectivity index (χ0n) is 11.0. The van der Waals surface area contributed by atoms with Crippen molar-refractivity contribution in [1.82, 2.24) is 0 Å². The van der Waals surface area contributed by atoms with Crippen LogP contribution in [0.2, 0.25) is 5.02 Å². The van der Waals surface area contributed by atoms with Gasteiger partial charge >= 0.3 is 0 Å². The van der Waals surface area contributed by atoms with Crippen molar-refractivity contribution >= 4 is 23.2 Å². The number of hydrogen-bond acceptors (Lipinski definition) is 2. The number of halogens is 1. The molecule has 1 aromatic carbocycles. The molecule has 0 spiro atoms. The van der Waals surface area contributed by atoms with Gasteiger partial charge in [-0.25, -0.2) is 0 Å². The minimum Gasteiger partial charge on any atom is -0.323 e. The predicted molar refractivity (Wildman–Crippen MR) is 75.9 cm³/mol. The molecular formula is C15H17ClN2O. The molecule has 2 rings (SSSR count). The molecule has 0 radical (unpaired) electrons. The summed E-state index contributed by atoms with van der Waals surface area (Å²) < 4.78 is 0. The average Bonchev–Trinajstić information content (AvgIpc) is 2.42. The van der Waals surface area contributed by atoms with Crippen LogP contribution in [-0.2, 0) is 4.79 Å². The van der Waals surface area contributed by atoms with Crippen molar-refractivity contribution in [1.29, 1.82) is 5.26 Å². The quantitative estimate of drug-likeness (QED) is 0.885. The number of benzene rings is 1. The molecule has 0 aliphatic heterocycles. The van der Waals surface area contributed by atoms with Crippen LogP contribution in [0.15, 0.2) is 18.2 Å². The van der Waals surface area contributed by atoms with Crippen molar-refractivity contribution in [3.63, 3.8) is 0 Å². The first-order chi connectivity index (χ1) is 9.07. The highest BCUT2D eigenvalue weighted by atomic mass is 35.5. The Balaban J connectivity index is 2.18. The van der Waals surface area contributed by atoms with Crippen molar-refractivity contribution < 1.29 is 4.79 Å². The third kappa shape index (κ3) is 2.90. The summed E-state index contributed by atoms with van der Waals surface area (Å²) in [7, 11) is 0. The minimum atomic E-state index is -0.882. The Bertz CT molecular complexity index is 527. The Morgan fingerprint density at radius 3 is 2.63 bits per heavy atom. The number of carbonyl (C=O) groups is 1. The molecule has 1 saturated carbocycles. The van der Waals surface area contributed by atoms with E-state index in [0.29, 0.717) is 23.6 Å². The van der Waals surface area contributed by atoms with Gasteiger partial charge in [0.15, 0.2) is 0 Å². The lowest BCUT2D eigenvalue weighted by Crippen LogP contribution is -2.36. The lowest BCUT2D eigenvalue weighted by Gasteiger charge is -2.29. The molecule has 0 saturated heterocycles. The molecular weight excluding hydrogens is 260 g/mol. The fraction of sp³-hybridized carbons (Fsp3) is 0.467. The lowest BCUT2D eigenvalue weighted by atomic mass is 9.74. The molecule has 0 bridgehead atoms. The van der Waals surface area contributed by atoms with Gasteiger partial charge < -0.3 is 5.32 Å². The SMILES string of the molecule is Cc1ccc(NC(=O)C2(C#N)CCCCC2)c(Cl)c1. The van der Waals surface area contributed by atoms with E-state index in [-0.39, 0.29) is 5.91 Å². The predicted octanol–water partition coefficient (Wildman–Crippen LogP) is 4.06. The van der Waals surface area contributed by atoms with Gasteiger partial charge in [0, 0.05) is 0 Å². The van der Waals surface area contributed by atoms with E-state index in [0.717, 1.165) is 24.8 Å². The first kappa shape index (κ1) is 13.9. The van der Waals surface area contributed by atoms with Crippen molar-refractivity contribution in [3.05, 3.63) is 28.8 Å². The van der Waals surface area contributed by atoms with Gasteiger partial charge in [0.05, 0.1) is 16.8 Å². The number of aryl methyl sites for hydroxylation is 1. The van der Waals surface area contributed by atoms with E-state index in [1.54, 1.807) is 12.1 Å². The van der Waals surface area contributed by atoms with E-state index in [9.17, 15) is 10.1 Å². The van der Waals surface area contributed by atoms with Gasteiger partial charge in [-0.1, -0.05) is 36.9 Å². The van der Waals surface area contributed by atoms with E-state index < -0.39 is 5.41 Å². The molecule has 3 nitrogen and oxygen atoms in total. The second-order valence-corrected chi connectivity index (χ2v) is 5.60. The van der Waals surface area contributed by atoms with Crippen molar-refractivity contribution in [3.8, 4) is 6.07 Å². The highest BCUT2D eigenvalue weighted by Crippen LogP contribution is 2.37. The molecule has 100 valence electrons. The van der Waals surface area contributed by atoms with Crippen LogP contribution in [0, 0.1) is 23.7 Å². The van der Waals surface area contributed by atoms with Crippen molar-refractivity contribution in [2.75, 3.05) is 5.32 Å². The number of rotatable bonds is 2. The van der Waals surface area contributed by atoms with E-state index in [4.69, 9.17) is 11.6 Å². The molecule has 0 unspecified atom stereocenters. The van der Waals surface area contributed by atoms with Gasteiger partial charge in [-0.3, -0.25) is 4.79 Å².